The third kappa shape index (κ3) is 2.56. The van der Waals surface area contributed by atoms with E-state index in [4.69, 9.17) is 9.47 Å². The minimum atomic E-state index is -1.59. The molecular formula is C10H14O5. The first-order valence-corrected chi connectivity index (χ1v) is 4.64. The highest BCUT2D eigenvalue weighted by Gasteiger charge is 2.44. The lowest BCUT2D eigenvalue weighted by molar-refractivity contribution is -0.165. The summed E-state index contributed by atoms with van der Waals surface area (Å²) < 4.78 is 9.79. The first-order valence-electron chi connectivity index (χ1n) is 4.64. The predicted octanol–water partition coefficient (Wildman–Crippen LogP) is 0.172. The van der Waals surface area contributed by atoms with Gasteiger partial charge in [0, 0.05) is 13.3 Å². The van der Waals surface area contributed by atoms with E-state index < -0.39 is 23.5 Å². The number of carbonyl (C=O) groups is 2. The molecule has 0 fully saturated rings. The van der Waals surface area contributed by atoms with Crippen LogP contribution in [0.3, 0.4) is 0 Å². The maximum atomic E-state index is 11.3. The van der Waals surface area contributed by atoms with Crippen molar-refractivity contribution in [1.29, 1.82) is 0 Å². The lowest BCUT2D eigenvalue weighted by Crippen LogP contribution is -2.52. The molecule has 0 spiro atoms. The van der Waals surface area contributed by atoms with Crippen LogP contribution in [0.4, 0.5) is 0 Å². The third-order valence-corrected chi connectivity index (χ3v) is 2.35. The Morgan fingerprint density at radius 2 is 2.27 bits per heavy atom. The monoisotopic (exact) mass is 214 g/mol. The van der Waals surface area contributed by atoms with Crippen molar-refractivity contribution in [2.75, 3.05) is 6.61 Å². The molecule has 0 aliphatic carbocycles. The number of ether oxygens (including phenoxy) is 2. The van der Waals surface area contributed by atoms with Crippen LogP contribution in [-0.2, 0) is 19.1 Å². The molecule has 5 heteroatoms. The number of carbonyl (C=O) groups excluding carboxylic acids is 2. The maximum absolute atomic E-state index is 11.3. The molecule has 1 aliphatic rings. The van der Waals surface area contributed by atoms with Crippen LogP contribution >= 0.6 is 0 Å². The molecule has 0 aromatic rings. The zero-order valence-corrected chi connectivity index (χ0v) is 8.73. The fraction of sp³-hybridized carbons (Fsp3) is 0.600. The number of hydrogen-bond acceptors (Lipinski definition) is 5. The van der Waals surface area contributed by atoms with Crippen molar-refractivity contribution < 1.29 is 24.2 Å². The Kier molecular flexibility index (Phi) is 3.47. The fourth-order valence-corrected chi connectivity index (χ4v) is 1.36. The van der Waals surface area contributed by atoms with Crippen molar-refractivity contribution in [3.8, 4) is 0 Å². The van der Waals surface area contributed by atoms with E-state index in [1.165, 1.54) is 20.1 Å². The molecule has 2 atom stereocenters. The second-order valence-corrected chi connectivity index (χ2v) is 3.48. The Labute approximate surface area is 87.7 Å². The minimum Gasteiger partial charge on any atom is -0.491 e. The quantitative estimate of drug-likeness (QED) is 0.678. The summed E-state index contributed by atoms with van der Waals surface area (Å²) >= 11 is 0. The Morgan fingerprint density at radius 1 is 1.60 bits per heavy atom. The van der Waals surface area contributed by atoms with E-state index in [1.807, 2.05) is 0 Å². The molecule has 0 radical (unpaired) electrons. The van der Waals surface area contributed by atoms with Crippen molar-refractivity contribution in [1.82, 2.24) is 0 Å². The molecule has 0 aromatic carbocycles. The summed E-state index contributed by atoms with van der Waals surface area (Å²) in [5.41, 5.74) is -1.59. The number of Topliss-reactive ketones (excluding diaryl/α,β-unsaturated/α-hetero) is 1. The van der Waals surface area contributed by atoms with Crippen molar-refractivity contribution in [3.05, 3.63) is 12.3 Å². The largest absolute Gasteiger partial charge is 0.491 e. The van der Waals surface area contributed by atoms with E-state index in [0.29, 0.717) is 0 Å². The molecule has 15 heavy (non-hydrogen) atoms. The molecular weight excluding hydrogens is 200 g/mol. The Hall–Kier alpha value is -1.36. The molecule has 0 amide bonds. The van der Waals surface area contributed by atoms with Crippen molar-refractivity contribution in [3.63, 3.8) is 0 Å². The van der Waals surface area contributed by atoms with Crippen LogP contribution < -0.4 is 0 Å². The molecule has 0 saturated carbocycles. The molecule has 84 valence electrons. The highest BCUT2D eigenvalue weighted by Crippen LogP contribution is 2.25. The lowest BCUT2D eigenvalue weighted by Gasteiger charge is -2.34. The molecule has 0 bridgehead atoms. The van der Waals surface area contributed by atoms with Gasteiger partial charge in [0.25, 0.3) is 0 Å². The first kappa shape index (κ1) is 11.7. The number of hydrogen-bond donors (Lipinski definition) is 1. The highest BCUT2D eigenvalue weighted by atomic mass is 16.6. The van der Waals surface area contributed by atoms with Gasteiger partial charge in [0.15, 0.2) is 17.5 Å². The molecule has 1 rings (SSSR count). The number of rotatable bonds is 3. The van der Waals surface area contributed by atoms with Crippen molar-refractivity contribution in [2.45, 2.75) is 32.0 Å². The van der Waals surface area contributed by atoms with Gasteiger partial charge in [-0.3, -0.25) is 9.59 Å². The van der Waals surface area contributed by atoms with Gasteiger partial charge >= 0.3 is 5.97 Å². The minimum absolute atomic E-state index is 0.129. The topological polar surface area (TPSA) is 72.8 Å². The summed E-state index contributed by atoms with van der Waals surface area (Å²) in [4.78, 5) is 21.9. The van der Waals surface area contributed by atoms with E-state index in [9.17, 15) is 14.7 Å². The zero-order valence-electron chi connectivity index (χ0n) is 8.73. The molecule has 0 unspecified atom stereocenters. The second-order valence-electron chi connectivity index (χ2n) is 3.48. The second kappa shape index (κ2) is 4.44. The number of aliphatic hydroxyl groups is 1. The smallest absolute Gasteiger partial charge is 0.302 e. The zero-order chi connectivity index (χ0) is 11.5. The van der Waals surface area contributed by atoms with Gasteiger partial charge in [0.05, 0.1) is 6.26 Å². The summed E-state index contributed by atoms with van der Waals surface area (Å²) in [6.07, 6.45) is 2.30. The van der Waals surface area contributed by atoms with E-state index in [0.717, 1.165) is 0 Å². The van der Waals surface area contributed by atoms with Gasteiger partial charge in [0.1, 0.15) is 6.61 Å². The van der Waals surface area contributed by atoms with Crippen LogP contribution in [0.2, 0.25) is 0 Å². The van der Waals surface area contributed by atoms with Crippen LogP contribution in [0.15, 0.2) is 12.3 Å². The van der Waals surface area contributed by atoms with Gasteiger partial charge in [-0.2, -0.15) is 0 Å². The van der Waals surface area contributed by atoms with Gasteiger partial charge in [-0.1, -0.05) is 0 Å². The molecule has 1 aliphatic heterocycles. The highest BCUT2D eigenvalue weighted by molar-refractivity contribution is 5.85. The first-order chi connectivity index (χ1) is 6.97. The average molecular weight is 214 g/mol. The molecule has 1 heterocycles. The van der Waals surface area contributed by atoms with Gasteiger partial charge in [-0.05, 0) is 13.0 Å². The molecule has 5 nitrogen and oxygen atoms in total. The number of ketones is 1. The van der Waals surface area contributed by atoms with Gasteiger partial charge in [-0.25, -0.2) is 0 Å². The fourth-order valence-electron chi connectivity index (χ4n) is 1.36. The van der Waals surface area contributed by atoms with E-state index in [1.54, 1.807) is 6.08 Å². The third-order valence-electron chi connectivity index (χ3n) is 2.35. The normalized spacial score (nSPS) is 29.4. The van der Waals surface area contributed by atoms with Crippen LogP contribution in [-0.4, -0.2) is 35.2 Å². The van der Waals surface area contributed by atoms with Crippen LogP contribution in [0.25, 0.3) is 0 Å². The Balaban J connectivity index is 2.71. The van der Waals surface area contributed by atoms with Crippen LogP contribution in [0, 0.1) is 0 Å². The van der Waals surface area contributed by atoms with E-state index in [2.05, 4.69) is 0 Å². The predicted molar refractivity (Wildman–Crippen MR) is 50.9 cm³/mol. The maximum Gasteiger partial charge on any atom is 0.302 e. The molecule has 0 aromatic heterocycles. The van der Waals surface area contributed by atoms with E-state index >= 15 is 0 Å². The summed E-state index contributed by atoms with van der Waals surface area (Å²) in [6, 6.07) is 0. The van der Waals surface area contributed by atoms with E-state index in [-0.39, 0.29) is 13.0 Å². The molecule has 0 saturated heterocycles. The van der Waals surface area contributed by atoms with Gasteiger partial charge < -0.3 is 14.6 Å². The van der Waals surface area contributed by atoms with Crippen molar-refractivity contribution >= 4 is 11.8 Å². The van der Waals surface area contributed by atoms with Crippen LogP contribution in [0.5, 0.6) is 0 Å². The summed E-state index contributed by atoms with van der Waals surface area (Å²) in [6.45, 7) is 2.41. The lowest BCUT2D eigenvalue weighted by atomic mass is 9.88. The molecule has 1 N–H and O–H groups in total. The Bertz CT molecular complexity index is 296. The average Bonchev–Trinajstić information content (AvgIpc) is 2.16. The standard InChI is InChI=1S/C10H14O5/c1-7(11)10(13)4-3-5-14-9(10)6-15-8(2)12/h3,5,9,13H,4,6H2,1-2H3/t9-,10-/m1/s1. The summed E-state index contributed by atoms with van der Waals surface area (Å²) in [5.74, 6) is -0.872. The summed E-state index contributed by atoms with van der Waals surface area (Å²) in [7, 11) is 0. The van der Waals surface area contributed by atoms with Crippen molar-refractivity contribution in [2.24, 2.45) is 0 Å². The summed E-state index contributed by atoms with van der Waals surface area (Å²) in [5, 5.41) is 10.0. The van der Waals surface area contributed by atoms with Gasteiger partial charge in [-0.15, -0.1) is 0 Å². The Morgan fingerprint density at radius 3 is 2.80 bits per heavy atom. The van der Waals surface area contributed by atoms with Crippen LogP contribution in [0.1, 0.15) is 20.3 Å². The SMILES string of the molecule is CC(=O)OC[C@H]1OC=CC[C@@]1(O)C(C)=O. The van der Waals surface area contributed by atoms with Gasteiger partial charge in [0.2, 0.25) is 0 Å². The number of esters is 1.